The highest BCUT2D eigenvalue weighted by Gasteiger charge is 2.45. The molecule has 2 aromatic heterocycles. The molecule has 0 radical (unpaired) electrons. The molecule has 1 aromatic carbocycles. The number of nitrogen functional groups attached to an aromatic ring is 1. The molecule has 0 bridgehead atoms. The second-order valence-electron chi connectivity index (χ2n) is 6.98. The quantitative estimate of drug-likeness (QED) is 0.347. The summed E-state index contributed by atoms with van der Waals surface area (Å²) >= 11 is 0. The Hall–Kier alpha value is -2.79. The van der Waals surface area contributed by atoms with Gasteiger partial charge in [0.1, 0.15) is 24.6 Å². The maximum absolute atomic E-state index is 10.5. The fraction of sp³-hybridized carbons (Fsp3) is 0.421. The number of fused-ring (bicyclic) bond motifs is 1. The number of imidazole rings is 1. The van der Waals surface area contributed by atoms with Gasteiger partial charge in [0.25, 0.3) is 0 Å². The molecule has 1 aliphatic rings. The third kappa shape index (κ3) is 3.75. The van der Waals surface area contributed by atoms with Crippen LogP contribution in [0.4, 0.5) is 11.8 Å². The lowest BCUT2D eigenvalue weighted by Gasteiger charge is -2.19. The van der Waals surface area contributed by atoms with Gasteiger partial charge in [0.15, 0.2) is 23.2 Å². The van der Waals surface area contributed by atoms with Crippen LogP contribution in [0.3, 0.4) is 0 Å². The molecule has 4 atom stereocenters. The molecule has 154 valence electrons. The van der Waals surface area contributed by atoms with Crippen molar-refractivity contribution in [1.29, 1.82) is 0 Å². The predicted molar refractivity (Wildman–Crippen MR) is 106 cm³/mol. The molecule has 29 heavy (non-hydrogen) atoms. The summed E-state index contributed by atoms with van der Waals surface area (Å²) in [5, 5.41) is 33.2. The van der Waals surface area contributed by atoms with Crippen molar-refractivity contribution in [1.82, 2.24) is 19.5 Å². The number of aliphatic hydroxyl groups excluding tert-OH is 3. The lowest BCUT2D eigenvalue weighted by molar-refractivity contribution is -0.0501. The number of aromatic nitrogens is 4. The minimum Gasteiger partial charge on any atom is -0.394 e. The second kappa shape index (κ2) is 8.29. The van der Waals surface area contributed by atoms with Gasteiger partial charge in [0, 0.05) is 6.54 Å². The zero-order valence-corrected chi connectivity index (χ0v) is 15.7. The molecule has 1 aliphatic heterocycles. The van der Waals surface area contributed by atoms with Crippen molar-refractivity contribution >= 4 is 22.9 Å². The smallest absolute Gasteiger partial charge is 0.207 e. The van der Waals surface area contributed by atoms with Crippen molar-refractivity contribution in [3.05, 3.63) is 42.2 Å². The van der Waals surface area contributed by atoms with Crippen molar-refractivity contribution in [2.45, 2.75) is 37.4 Å². The molecule has 10 nitrogen and oxygen atoms in total. The average Bonchev–Trinajstić information content (AvgIpc) is 3.24. The second-order valence-corrected chi connectivity index (χ2v) is 6.98. The van der Waals surface area contributed by atoms with Crippen LogP contribution in [0.5, 0.6) is 0 Å². The van der Waals surface area contributed by atoms with Crippen LogP contribution >= 0.6 is 0 Å². The normalized spacial score (nSPS) is 24.2. The summed E-state index contributed by atoms with van der Waals surface area (Å²) in [4.78, 5) is 12.7. The Morgan fingerprint density at radius 2 is 1.93 bits per heavy atom. The number of nitrogens with one attached hydrogen (secondary N) is 1. The molecule has 0 spiro atoms. The van der Waals surface area contributed by atoms with E-state index < -0.39 is 31.1 Å². The summed E-state index contributed by atoms with van der Waals surface area (Å²) in [7, 11) is 0. The van der Waals surface area contributed by atoms with Crippen molar-refractivity contribution in [2.24, 2.45) is 0 Å². The molecule has 0 aliphatic carbocycles. The van der Waals surface area contributed by atoms with E-state index >= 15 is 0 Å². The minimum absolute atomic E-state index is 0.202. The number of hydrogen-bond acceptors (Lipinski definition) is 9. The largest absolute Gasteiger partial charge is 0.394 e. The highest BCUT2D eigenvalue weighted by atomic mass is 16.6. The molecular formula is C19H24N6O4. The van der Waals surface area contributed by atoms with Crippen LogP contribution in [-0.4, -0.2) is 66.3 Å². The van der Waals surface area contributed by atoms with Crippen LogP contribution in [0.1, 0.15) is 18.2 Å². The van der Waals surface area contributed by atoms with Gasteiger partial charge in [-0.05, 0) is 18.4 Å². The fourth-order valence-electron chi connectivity index (χ4n) is 3.52. The minimum atomic E-state index is -1.26. The maximum Gasteiger partial charge on any atom is 0.207 e. The van der Waals surface area contributed by atoms with Gasteiger partial charge in [-0.2, -0.15) is 0 Å². The Morgan fingerprint density at radius 1 is 1.14 bits per heavy atom. The van der Waals surface area contributed by atoms with E-state index in [1.807, 2.05) is 18.2 Å². The van der Waals surface area contributed by atoms with E-state index in [0.717, 1.165) is 12.8 Å². The molecule has 3 aromatic rings. The molecule has 6 N–H and O–H groups in total. The van der Waals surface area contributed by atoms with E-state index in [1.165, 1.54) is 11.9 Å². The van der Waals surface area contributed by atoms with Gasteiger partial charge in [-0.25, -0.2) is 15.0 Å². The molecule has 1 fully saturated rings. The molecular weight excluding hydrogens is 376 g/mol. The van der Waals surface area contributed by atoms with Gasteiger partial charge in [0.2, 0.25) is 5.95 Å². The van der Waals surface area contributed by atoms with Crippen LogP contribution < -0.4 is 11.1 Å². The van der Waals surface area contributed by atoms with Gasteiger partial charge < -0.3 is 31.1 Å². The topological polar surface area (TPSA) is 152 Å². The van der Waals surface area contributed by atoms with Gasteiger partial charge >= 0.3 is 0 Å². The Labute approximate surface area is 167 Å². The summed E-state index contributed by atoms with van der Waals surface area (Å²) in [6, 6.07) is 10.1. The first-order valence-corrected chi connectivity index (χ1v) is 9.48. The summed E-state index contributed by atoms with van der Waals surface area (Å²) in [5.74, 6) is 0.600. The highest BCUT2D eigenvalue weighted by Crippen LogP contribution is 2.35. The number of anilines is 2. The van der Waals surface area contributed by atoms with Gasteiger partial charge in [-0.1, -0.05) is 30.3 Å². The molecule has 4 rings (SSSR count). The van der Waals surface area contributed by atoms with Crippen LogP contribution in [-0.2, 0) is 11.2 Å². The number of benzene rings is 1. The van der Waals surface area contributed by atoms with Crippen molar-refractivity contribution in [3.8, 4) is 0 Å². The summed E-state index contributed by atoms with van der Waals surface area (Å²) < 4.78 is 7.23. The third-order valence-electron chi connectivity index (χ3n) is 5.05. The Kier molecular flexibility index (Phi) is 5.58. The first-order chi connectivity index (χ1) is 14.1. The Balaban J connectivity index is 1.58. The first-order valence-electron chi connectivity index (χ1n) is 9.48. The zero-order chi connectivity index (χ0) is 20.4. The lowest BCUT2D eigenvalue weighted by Crippen LogP contribution is -2.33. The zero-order valence-electron chi connectivity index (χ0n) is 15.7. The third-order valence-corrected chi connectivity index (χ3v) is 5.05. The summed E-state index contributed by atoms with van der Waals surface area (Å²) in [5.41, 5.74) is 7.92. The molecule has 0 amide bonds. The standard InChI is InChI=1S/C19H24N6O4/c20-16-13-17(23-10-22-16)25(18-15(28)14(27)12(9-26)29-18)19(24-13)21-8-4-7-11-5-2-1-3-6-11/h1-3,5-6,10,12,14-15,18,26-28H,4,7-9H2,(H,21,24)(H2,20,22,23)/t12-,14?,15?,18-/m1/s1. The lowest BCUT2D eigenvalue weighted by atomic mass is 10.1. The van der Waals surface area contributed by atoms with E-state index in [-0.39, 0.29) is 5.82 Å². The van der Waals surface area contributed by atoms with Crippen LogP contribution in [0, 0.1) is 0 Å². The highest BCUT2D eigenvalue weighted by molar-refractivity contribution is 5.84. The number of ether oxygens (including phenoxy) is 1. The number of aliphatic hydroxyl groups is 3. The monoisotopic (exact) mass is 400 g/mol. The Morgan fingerprint density at radius 3 is 2.66 bits per heavy atom. The van der Waals surface area contributed by atoms with Crippen molar-refractivity contribution < 1.29 is 20.1 Å². The first kappa shape index (κ1) is 19.5. The summed E-state index contributed by atoms with van der Waals surface area (Å²) in [6.45, 7) is 0.193. The van der Waals surface area contributed by atoms with E-state index in [4.69, 9.17) is 10.5 Å². The van der Waals surface area contributed by atoms with E-state index in [2.05, 4.69) is 32.4 Å². The Bertz CT molecular complexity index is 966. The average molecular weight is 400 g/mol. The van der Waals surface area contributed by atoms with Gasteiger partial charge in [-0.3, -0.25) is 4.57 Å². The van der Waals surface area contributed by atoms with E-state index in [9.17, 15) is 15.3 Å². The summed E-state index contributed by atoms with van der Waals surface area (Å²) in [6.07, 6.45) is -1.32. The predicted octanol–water partition coefficient (Wildman–Crippen LogP) is 0.0647. The number of nitrogens with zero attached hydrogens (tertiary/aromatic N) is 4. The van der Waals surface area contributed by atoms with E-state index in [1.54, 1.807) is 4.57 Å². The van der Waals surface area contributed by atoms with Crippen molar-refractivity contribution in [3.63, 3.8) is 0 Å². The van der Waals surface area contributed by atoms with Gasteiger partial charge in [-0.15, -0.1) is 0 Å². The molecule has 10 heteroatoms. The molecule has 1 saturated heterocycles. The number of aryl methyl sites for hydroxylation is 1. The molecule has 3 heterocycles. The SMILES string of the molecule is Nc1ncnc2c1nc(NCCCc1ccccc1)n2[C@@H]1O[C@H](CO)C(O)C1O. The fourth-order valence-corrected chi connectivity index (χ4v) is 3.52. The molecule has 0 saturated carbocycles. The van der Waals surface area contributed by atoms with Crippen LogP contribution in [0.2, 0.25) is 0 Å². The van der Waals surface area contributed by atoms with Gasteiger partial charge in [0.05, 0.1) is 6.61 Å². The van der Waals surface area contributed by atoms with Crippen LogP contribution in [0.25, 0.3) is 11.2 Å². The molecule has 2 unspecified atom stereocenters. The van der Waals surface area contributed by atoms with E-state index in [0.29, 0.717) is 23.7 Å². The van der Waals surface area contributed by atoms with Crippen molar-refractivity contribution in [2.75, 3.05) is 24.2 Å². The van der Waals surface area contributed by atoms with Crippen LogP contribution in [0.15, 0.2) is 36.7 Å². The maximum atomic E-state index is 10.5. The number of rotatable bonds is 7. The number of hydrogen-bond donors (Lipinski definition) is 5. The number of nitrogens with two attached hydrogens (primary N) is 1.